The van der Waals surface area contributed by atoms with E-state index in [2.05, 4.69) is 10.0 Å². The van der Waals surface area contributed by atoms with Gasteiger partial charge in [0.15, 0.2) is 4.90 Å². The van der Waals surface area contributed by atoms with Crippen LogP contribution in [0.15, 0.2) is 47.4 Å². The van der Waals surface area contributed by atoms with Crippen molar-refractivity contribution in [3.8, 4) is 0 Å². The number of hydrogen-bond acceptors (Lipinski definition) is 3. The van der Waals surface area contributed by atoms with Gasteiger partial charge in [-0.25, -0.2) is 17.2 Å². The Bertz CT molecular complexity index is 876. The van der Waals surface area contributed by atoms with Crippen molar-refractivity contribution in [3.63, 3.8) is 0 Å². The normalized spacial score (nSPS) is 14.2. The first kappa shape index (κ1) is 16.4. The fourth-order valence-electron chi connectivity index (χ4n) is 2.20. The summed E-state index contributed by atoms with van der Waals surface area (Å²) in [4.78, 5) is 10.7. The van der Waals surface area contributed by atoms with E-state index in [9.17, 15) is 22.0 Å². The molecule has 1 fully saturated rings. The molecule has 5 nitrogen and oxygen atoms in total. The van der Waals surface area contributed by atoms with Gasteiger partial charge in [0, 0.05) is 11.6 Å². The molecule has 1 aliphatic rings. The predicted molar refractivity (Wildman–Crippen MR) is 85.0 cm³/mol. The molecule has 0 aromatic heterocycles. The van der Waals surface area contributed by atoms with Crippen molar-refractivity contribution in [2.24, 2.45) is 5.92 Å². The molecule has 2 aromatic rings. The number of carbonyl (C=O) groups excluding carboxylic acids is 1. The van der Waals surface area contributed by atoms with Crippen molar-refractivity contribution in [2.45, 2.75) is 17.7 Å². The number of carbonyl (C=O) groups is 1. The summed E-state index contributed by atoms with van der Waals surface area (Å²) in [6.45, 7) is 0. The van der Waals surface area contributed by atoms with Crippen LogP contribution in [0.25, 0.3) is 0 Å². The molecule has 1 aliphatic carbocycles. The Hall–Kier alpha value is -2.48. The van der Waals surface area contributed by atoms with Crippen molar-refractivity contribution < 1.29 is 22.0 Å². The Balaban J connectivity index is 1.83. The maximum atomic E-state index is 13.7. The van der Waals surface area contributed by atoms with Gasteiger partial charge in [0.05, 0.1) is 5.69 Å². The summed E-state index contributed by atoms with van der Waals surface area (Å²) in [6, 6.07) is 8.74. The highest BCUT2D eigenvalue weighted by molar-refractivity contribution is 7.92. The quantitative estimate of drug-likeness (QED) is 0.868. The van der Waals surface area contributed by atoms with Crippen LogP contribution in [0, 0.1) is 17.6 Å². The van der Waals surface area contributed by atoms with Gasteiger partial charge in [-0.1, -0.05) is 12.1 Å². The third-order valence-electron chi connectivity index (χ3n) is 3.52. The molecule has 1 amide bonds. The van der Waals surface area contributed by atoms with E-state index in [1.807, 2.05) is 0 Å². The maximum absolute atomic E-state index is 13.7. The van der Waals surface area contributed by atoms with Crippen molar-refractivity contribution >= 4 is 27.3 Å². The standard InChI is InChI=1S/C16H14F2N2O3S/c17-13-5-2-6-14(18)15(13)24(22,23)20-12-4-1-3-11(9-12)19-16(21)10-7-8-10/h1-6,9-10,20H,7-8H2,(H,19,21). The smallest absolute Gasteiger partial charge is 0.267 e. The Morgan fingerprint density at radius 2 is 1.58 bits per heavy atom. The second kappa shape index (κ2) is 6.20. The van der Waals surface area contributed by atoms with E-state index in [4.69, 9.17) is 0 Å². The molecular formula is C16H14F2N2O3S. The van der Waals surface area contributed by atoms with Crippen LogP contribution in [0.4, 0.5) is 20.2 Å². The minimum atomic E-state index is -4.44. The molecule has 0 bridgehead atoms. The third-order valence-corrected chi connectivity index (χ3v) is 4.95. The zero-order chi connectivity index (χ0) is 17.3. The van der Waals surface area contributed by atoms with Crippen molar-refractivity contribution in [2.75, 3.05) is 10.0 Å². The number of halogens is 2. The van der Waals surface area contributed by atoms with Gasteiger partial charge in [-0.15, -0.1) is 0 Å². The molecule has 2 N–H and O–H groups in total. The Kier molecular flexibility index (Phi) is 4.23. The summed E-state index contributed by atoms with van der Waals surface area (Å²) in [6.07, 6.45) is 1.68. The minimum absolute atomic E-state index is 0.00198. The van der Waals surface area contributed by atoms with Gasteiger partial charge in [-0.3, -0.25) is 9.52 Å². The second-order valence-corrected chi connectivity index (χ2v) is 7.12. The van der Waals surface area contributed by atoms with Crippen LogP contribution in [0.3, 0.4) is 0 Å². The molecule has 0 saturated heterocycles. The average Bonchev–Trinajstić information content (AvgIpc) is 3.31. The SMILES string of the molecule is O=C(Nc1cccc(NS(=O)(=O)c2c(F)cccc2F)c1)C1CC1. The van der Waals surface area contributed by atoms with E-state index in [1.165, 1.54) is 18.2 Å². The highest BCUT2D eigenvalue weighted by atomic mass is 32.2. The van der Waals surface area contributed by atoms with E-state index >= 15 is 0 Å². The molecule has 0 aliphatic heterocycles. The van der Waals surface area contributed by atoms with Crippen LogP contribution >= 0.6 is 0 Å². The van der Waals surface area contributed by atoms with Crippen molar-refractivity contribution in [1.29, 1.82) is 0 Å². The van der Waals surface area contributed by atoms with Crippen LogP contribution in [0.1, 0.15) is 12.8 Å². The van der Waals surface area contributed by atoms with Gasteiger partial charge in [0.1, 0.15) is 11.6 Å². The summed E-state index contributed by atoms with van der Waals surface area (Å²) in [5.74, 6) is -2.49. The summed E-state index contributed by atoms with van der Waals surface area (Å²) in [5, 5.41) is 2.67. The molecule has 0 radical (unpaired) electrons. The highest BCUT2D eigenvalue weighted by Gasteiger charge is 2.29. The Morgan fingerprint density at radius 1 is 1.00 bits per heavy atom. The van der Waals surface area contributed by atoms with Gasteiger partial charge in [-0.05, 0) is 43.2 Å². The van der Waals surface area contributed by atoms with Gasteiger partial charge in [0.2, 0.25) is 5.91 Å². The topological polar surface area (TPSA) is 75.3 Å². The minimum Gasteiger partial charge on any atom is -0.326 e. The van der Waals surface area contributed by atoms with Crippen molar-refractivity contribution in [3.05, 3.63) is 54.1 Å². The van der Waals surface area contributed by atoms with E-state index in [1.54, 1.807) is 6.07 Å². The maximum Gasteiger partial charge on any atom is 0.267 e. The lowest BCUT2D eigenvalue weighted by molar-refractivity contribution is -0.117. The number of amides is 1. The number of rotatable bonds is 5. The molecule has 3 rings (SSSR count). The van der Waals surface area contributed by atoms with E-state index in [-0.39, 0.29) is 17.5 Å². The van der Waals surface area contributed by atoms with Crippen LogP contribution in [-0.2, 0) is 14.8 Å². The molecular weight excluding hydrogens is 338 g/mol. The Morgan fingerprint density at radius 3 is 2.21 bits per heavy atom. The van der Waals surface area contributed by atoms with Gasteiger partial charge >= 0.3 is 0 Å². The lowest BCUT2D eigenvalue weighted by atomic mass is 10.2. The zero-order valence-electron chi connectivity index (χ0n) is 12.4. The monoisotopic (exact) mass is 352 g/mol. The first-order valence-corrected chi connectivity index (χ1v) is 8.73. The third kappa shape index (κ3) is 3.53. The summed E-state index contributed by atoms with van der Waals surface area (Å²) >= 11 is 0. The van der Waals surface area contributed by atoms with Crippen LogP contribution in [0.5, 0.6) is 0 Å². The van der Waals surface area contributed by atoms with Crippen LogP contribution in [-0.4, -0.2) is 14.3 Å². The fraction of sp³-hybridized carbons (Fsp3) is 0.188. The molecule has 0 heterocycles. The molecule has 8 heteroatoms. The highest BCUT2D eigenvalue weighted by Crippen LogP contribution is 2.30. The number of benzene rings is 2. The lowest BCUT2D eigenvalue weighted by Crippen LogP contribution is -2.17. The predicted octanol–water partition coefficient (Wildman–Crippen LogP) is 3.11. The number of sulfonamides is 1. The van der Waals surface area contributed by atoms with Gasteiger partial charge in [0.25, 0.3) is 10.0 Å². The number of anilines is 2. The molecule has 2 aromatic carbocycles. The summed E-state index contributed by atoms with van der Waals surface area (Å²) in [7, 11) is -4.44. The first-order chi connectivity index (χ1) is 11.4. The molecule has 0 spiro atoms. The number of nitrogens with one attached hydrogen (secondary N) is 2. The number of hydrogen-bond donors (Lipinski definition) is 2. The first-order valence-electron chi connectivity index (χ1n) is 7.24. The zero-order valence-corrected chi connectivity index (χ0v) is 13.2. The van der Waals surface area contributed by atoms with E-state index in [0.29, 0.717) is 5.69 Å². The Labute approximate surface area is 137 Å². The van der Waals surface area contributed by atoms with Gasteiger partial charge < -0.3 is 5.32 Å². The van der Waals surface area contributed by atoms with Crippen LogP contribution < -0.4 is 10.0 Å². The molecule has 24 heavy (non-hydrogen) atoms. The van der Waals surface area contributed by atoms with Crippen molar-refractivity contribution in [1.82, 2.24) is 0 Å². The largest absolute Gasteiger partial charge is 0.326 e. The average molecular weight is 352 g/mol. The van der Waals surface area contributed by atoms with Crippen LogP contribution in [0.2, 0.25) is 0 Å². The summed E-state index contributed by atoms with van der Waals surface area (Å²) < 4.78 is 53.9. The van der Waals surface area contributed by atoms with Gasteiger partial charge in [-0.2, -0.15) is 0 Å². The van der Waals surface area contributed by atoms with E-state index in [0.717, 1.165) is 31.0 Å². The lowest BCUT2D eigenvalue weighted by Gasteiger charge is -2.11. The molecule has 126 valence electrons. The second-order valence-electron chi connectivity index (χ2n) is 5.50. The molecule has 1 saturated carbocycles. The fourth-order valence-corrected chi connectivity index (χ4v) is 3.38. The summed E-state index contributed by atoms with van der Waals surface area (Å²) in [5.41, 5.74) is 0.493. The molecule has 0 unspecified atom stereocenters. The molecule has 0 atom stereocenters. The van der Waals surface area contributed by atoms with E-state index < -0.39 is 26.6 Å².